The van der Waals surface area contributed by atoms with Gasteiger partial charge in [-0.2, -0.15) is 13.2 Å². The quantitative estimate of drug-likeness (QED) is 0.747. The first-order chi connectivity index (χ1) is 5.84. The highest BCUT2D eigenvalue weighted by Gasteiger charge is 2.37. The third kappa shape index (κ3) is 1.74. The van der Waals surface area contributed by atoms with Crippen LogP contribution in [0.15, 0.2) is 5.38 Å². The van der Waals surface area contributed by atoms with Crippen LogP contribution in [0.4, 0.5) is 18.2 Å². The van der Waals surface area contributed by atoms with Crippen molar-refractivity contribution in [3.63, 3.8) is 0 Å². The molecule has 0 saturated carbocycles. The van der Waals surface area contributed by atoms with Gasteiger partial charge in [0.05, 0.1) is 5.56 Å². The number of rotatable bonds is 1. The van der Waals surface area contributed by atoms with E-state index in [0.717, 1.165) is 0 Å². The van der Waals surface area contributed by atoms with E-state index in [4.69, 9.17) is 10.8 Å². The lowest BCUT2D eigenvalue weighted by Gasteiger charge is -2.04. The van der Waals surface area contributed by atoms with Crippen molar-refractivity contribution in [2.75, 3.05) is 5.73 Å². The van der Waals surface area contributed by atoms with E-state index in [0.29, 0.717) is 16.7 Å². The number of carbonyl (C=O) groups is 1. The van der Waals surface area contributed by atoms with Gasteiger partial charge in [0.25, 0.3) is 0 Å². The Morgan fingerprint density at radius 3 is 2.38 bits per heavy atom. The van der Waals surface area contributed by atoms with Crippen LogP contribution >= 0.6 is 11.3 Å². The minimum atomic E-state index is -4.66. The van der Waals surface area contributed by atoms with Gasteiger partial charge < -0.3 is 10.8 Å². The minimum Gasteiger partial charge on any atom is -0.478 e. The second-order valence-electron chi connectivity index (χ2n) is 2.19. The summed E-state index contributed by atoms with van der Waals surface area (Å²) < 4.78 is 36.3. The molecule has 0 aromatic carbocycles. The zero-order chi connectivity index (χ0) is 10.2. The summed E-state index contributed by atoms with van der Waals surface area (Å²) in [6, 6.07) is 0. The molecule has 0 spiro atoms. The van der Waals surface area contributed by atoms with Crippen LogP contribution in [-0.4, -0.2) is 11.1 Å². The maximum atomic E-state index is 12.1. The van der Waals surface area contributed by atoms with E-state index in [-0.39, 0.29) is 5.00 Å². The summed E-state index contributed by atoms with van der Waals surface area (Å²) in [5, 5.41) is 8.79. The topological polar surface area (TPSA) is 63.3 Å². The van der Waals surface area contributed by atoms with Crippen molar-refractivity contribution >= 4 is 22.3 Å². The average molecular weight is 211 g/mol. The van der Waals surface area contributed by atoms with Crippen LogP contribution < -0.4 is 5.73 Å². The maximum absolute atomic E-state index is 12.1. The largest absolute Gasteiger partial charge is 0.478 e. The number of nitrogen functional groups attached to an aromatic ring is 1. The normalized spacial score (nSPS) is 11.6. The van der Waals surface area contributed by atoms with Crippen LogP contribution in [0.1, 0.15) is 15.9 Å². The van der Waals surface area contributed by atoms with Crippen LogP contribution in [0.25, 0.3) is 0 Å². The van der Waals surface area contributed by atoms with E-state index in [2.05, 4.69) is 0 Å². The first-order valence-corrected chi connectivity index (χ1v) is 3.89. The van der Waals surface area contributed by atoms with E-state index < -0.39 is 23.3 Å². The van der Waals surface area contributed by atoms with E-state index in [9.17, 15) is 18.0 Å². The van der Waals surface area contributed by atoms with Gasteiger partial charge in [0, 0.05) is 5.38 Å². The van der Waals surface area contributed by atoms with Crippen LogP contribution in [0.5, 0.6) is 0 Å². The molecule has 0 amide bonds. The highest BCUT2D eigenvalue weighted by atomic mass is 32.1. The lowest BCUT2D eigenvalue weighted by Crippen LogP contribution is -2.11. The molecule has 3 N–H and O–H groups in total. The number of halogens is 3. The molecule has 0 bridgehead atoms. The van der Waals surface area contributed by atoms with E-state index in [1.54, 1.807) is 0 Å². The number of hydrogen-bond donors (Lipinski definition) is 2. The molecule has 1 heterocycles. The van der Waals surface area contributed by atoms with E-state index in [1.165, 1.54) is 0 Å². The molecule has 0 unspecified atom stereocenters. The number of carboxylic acid groups (broad SMARTS) is 1. The van der Waals surface area contributed by atoms with Crippen molar-refractivity contribution in [2.45, 2.75) is 6.18 Å². The van der Waals surface area contributed by atoms with Crippen molar-refractivity contribution in [2.24, 2.45) is 0 Å². The fraction of sp³-hybridized carbons (Fsp3) is 0.167. The van der Waals surface area contributed by atoms with Crippen molar-refractivity contribution in [3.05, 3.63) is 16.5 Å². The SMILES string of the molecule is Nc1scc(C(F)(F)F)c1C(=O)O. The third-order valence-electron chi connectivity index (χ3n) is 1.34. The zero-order valence-corrected chi connectivity index (χ0v) is 6.87. The predicted molar refractivity (Wildman–Crippen MR) is 40.7 cm³/mol. The van der Waals surface area contributed by atoms with Gasteiger partial charge in [0.2, 0.25) is 0 Å². The Hall–Kier alpha value is -1.24. The number of thiophene rings is 1. The number of carboxylic acids is 1. The molecule has 0 fully saturated rings. The number of aromatic carboxylic acids is 1. The Balaban J connectivity index is 3.31. The summed E-state index contributed by atoms with van der Waals surface area (Å²) in [6.45, 7) is 0. The molecule has 7 heteroatoms. The van der Waals surface area contributed by atoms with Gasteiger partial charge in [0.15, 0.2) is 0 Å². The molecular weight excluding hydrogens is 207 g/mol. The summed E-state index contributed by atoms with van der Waals surface area (Å²) in [4.78, 5) is 10.4. The van der Waals surface area contributed by atoms with Gasteiger partial charge in [-0.05, 0) is 0 Å². The summed E-state index contributed by atoms with van der Waals surface area (Å²) in [5.41, 5.74) is 3.02. The number of nitrogens with two attached hydrogens (primary N) is 1. The molecular formula is C6H4F3NO2S. The summed E-state index contributed by atoms with van der Waals surface area (Å²) >= 11 is 0.563. The number of anilines is 1. The lowest BCUT2D eigenvalue weighted by atomic mass is 10.2. The Morgan fingerprint density at radius 2 is 2.08 bits per heavy atom. The monoisotopic (exact) mass is 211 g/mol. The number of alkyl halides is 3. The van der Waals surface area contributed by atoms with E-state index in [1.807, 2.05) is 0 Å². The number of hydrogen-bond acceptors (Lipinski definition) is 3. The average Bonchev–Trinajstić information content (AvgIpc) is 2.28. The second kappa shape index (κ2) is 2.91. The Morgan fingerprint density at radius 1 is 1.54 bits per heavy atom. The van der Waals surface area contributed by atoms with Crippen LogP contribution in [-0.2, 0) is 6.18 Å². The molecule has 13 heavy (non-hydrogen) atoms. The Kier molecular flexibility index (Phi) is 2.21. The fourth-order valence-corrected chi connectivity index (χ4v) is 1.61. The summed E-state index contributed by atoms with van der Waals surface area (Å²) in [5.74, 6) is -1.66. The molecule has 1 aromatic rings. The van der Waals surface area contributed by atoms with Crippen LogP contribution in [0.3, 0.4) is 0 Å². The van der Waals surface area contributed by atoms with Gasteiger partial charge in [0.1, 0.15) is 10.6 Å². The molecule has 0 aliphatic carbocycles. The Bertz CT molecular complexity index is 344. The van der Waals surface area contributed by atoms with Crippen molar-refractivity contribution < 1.29 is 23.1 Å². The molecule has 1 rings (SSSR count). The summed E-state index contributed by atoms with van der Waals surface area (Å²) in [6.07, 6.45) is -4.66. The first-order valence-electron chi connectivity index (χ1n) is 3.01. The molecule has 0 saturated heterocycles. The molecule has 1 aromatic heterocycles. The molecule has 0 radical (unpaired) electrons. The predicted octanol–water partition coefficient (Wildman–Crippen LogP) is 2.05. The van der Waals surface area contributed by atoms with Gasteiger partial charge in [-0.25, -0.2) is 4.79 Å². The van der Waals surface area contributed by atoms with Crippen LogP contribution in [0.2, 0.25) is 0 Å². The Labute approximate surface area is 74.6 Å². The minimum absolute atomic E-state index is 0.333. The van der Waals surface area contributed by atoms with Crippen molar-refractivity contribution in [1.29, 1.82) is 0 Å². The van der Waals surface area contributed by atoms with Crippen molar-refractivity contribution in [3.8, 4) is 0 Å². The fourth-order valence-electron chi connectivity index (χ4n) is 0.802. The van der Waals surface area contributed by atoms with Gasteiger partial charge >= 0.3 is 12.1 Å². The van der Waals surface area contributed by atoms with Gasteiger partial charge in [-0.1, -0.05) is 0 Å². The molecule has 3 nitrogen and oxygen atoms in total. The van der Waals surface area contributed by atoms with Gasteiger partial charge in [-0.3, -0.25) is 0 Å². The molecule has 72 valence electrons. The highest BCUT2D eigenvalue weighted by Crippen LogP contribution is 2.37. The van der Waals surface area contributed by atoms with Gasteiger partial charge in [-0.15, -0.1) is 11.3 Å². The maximum Gasteiger partial charge on any atom is 0.418 e. The third-order valence-corrected chi connectivity index (χ3v) is 2.15. The standard InChI is InChI=1S/C6H4F3NO2S/c7-6(8,9)2-1-13-4(10)3(2)5(11)12/h1H,10H2,(H,11,12). The smallest absolute Gasteiger partial charge is 0.418 e. The second-order valence-corrected chi connectivity index (χ2v) is 3.10. The highest BCUT2D eigenvalue weighted by molar-refractivity contribution is 7.14. The summed E-state index contributed by atoms with van der Waals surface area (Å²) in [7, 11) is 0. The van der Waals surface area contributed by atoms with Crippen molar-refractivity contribution in [1.82, 2.24) is 0 Å². The lowest BCUT2D eigenvalue weighted by molar-refractivity contribution is -0.137. The molecule has 0 aliphatic heterocycles. The zero-order valence-electron chi connectivity index (χ0n) is 6.05. The van der Waals surface area contributed by atoms with E-state index >= 15 is 0 Å². The van der Waals surface area contributed by atoms with Crippen LogP contribution in [0, 0.1) is 0 Å². The first kappa shape index (κ1) is 9.85. The molecule has 0 atom stereocenters. The molecule has 0 aliphatic rings.